The molecular weight excluding hydrogens is 503 g/mol. The summed E-state index contributed by atoms with van der Waals surface area (Å²) in [5.41, 5.74) is 1.07. The van der Waals surface area contributed by atoms with Crippen LogP contribution >= 0.6 is 24.0 Å². The van der Waals surface area contributed by atoms with Crippen molar-refractivity contribution in [2.75, 3.05) is 64.0 Å². The number of guanidine groups is 1. The third kappa shape index (κ3) is 5.72. The summed E-state index contributed by atoms with van der Waals surface area (Å²) in [5.74, 6) is 1.90. The first-order chi connectivity index (χ1) is 13.2. The van der Waals surface area contributed by atoms with Crippen molar-refractivity contribution < 1.29 is 8.42 Å². The quantitative estimate of drug-likeness (QED) is 0.351. The van der Waals surface area contributed by atoms with Crippen LogP contribution < -0.4 is 10.2 Å². The van der Waals surface area contributed by atoms with Crippen molar-refractivity contribution in [2.45, 2.75) is 25.1 Å². The van der Waals surface area contributed by atoms with Crippen LogP contribution in [0.1, 0.15) is 19.4 Å². The van der Waals surface area contributed by atoms with Crippen molar-refractivity contribution in [1.82, 2.24) is 20.1 Å². The Morgan fingerprint density at radius 1 is 1.21 bits per heavy atom. The Morgan fingerprint density at radius 2 is 1.90 bits per heavy atom. The zero-order chi connectivity index (χ0) is 20.4. The normalized spacial score (nSPS) is 22.1. The lowest BCUT2D eigenvalue weighted by Gasteiger charge is -2.39. The summed E-state index contributed by atoms with van der Waals surface area (Å²) in [7, 11) is 0.810. The number of aromatic nitrogens is 1. The SMILES string of the molecule is CN=C(NCc1ccc(N2CCN(C)CC2)nc1)N1CCS(=O)(=O)C(C)(C)C1.I. The van der Waals surface area contributed by atoms with Crippen molar-refractivity contribution >= 4 is 45.6 Å². The molecule has 0 aliphatic carbocycles. The Hall–Kier alpha value is -1.14. The Bertz CT molecular complexity index is 804. The molecule has 29 heavy (non-hydrogen) atoms. The van der Waals surface area contributed by atoms with Gasteiger partial charge < -0.3 is 20.0 Å². The first-order valence-corrected chi connectivity index (χ1v) is 11.4. The van der Waals surface area contributed by atoms with E-state index in [4.69, 9.17) is 0 Å². The van der Waals surface area contributed by atoms with Crippen LogP contribution in [0.2, 0.25) is 0 Å². The molecule has 3 heterocycles. The van der Waals surface area contributed by atoms with E-state index in [1.165, 1.54) is 0 Å². The van der Waals surface area contributed by atoms with Crippen LogP contribution in [0.4, 0.5) is 5.82 Å². The van der Waals surface area contributed by atoms with E-state index in [0.29, 0.717) is 19.6 Å². The monoisotopic (exact) mass is 536 g/mol. The van der Waals surface area contributed by atoms with Gasteiger partial charge in [0.25, 0.3) is 0 Å². The highest BCUT2D eigenvalue weighted by Gasteiger charge is 2.40. The Kier molecular flexibility index (Phi) is 8.14. The molecule has 2 saturated heterocycles. The maximum atomic E-state index is 12.2. The van der Waals surface area contributed by atoms with Crippen LogP contribution in [0.3, 0.4) is 0 Å². The average molecular weight is 536 g/mol. The van der Waals surface area contributed by atoms with Gasteiger partial charge in [0.1, 0.15) is 5.82 Å². The molecule has 0 amide bonds. The van der Waals surface area contributed by atoms with Crippen LogP contribution in [-0.2, 0) is 16.4 Å². The van der Waals surface area contributed by atoms with E-state index in [9.17, 15) is 8.42 Å². The predicted molar refractivity (Wildman–Crippen MR) is 129 cm³/mol. The van der Waals surface area contributed by atoms with Gasteiger partial charge in [-0.2, -0.15) is 0 Å². The molecule has 2 aliphatic heterocycles. The van der Waals surface area contributed by atoms with Crippen LogP contribution in [-0.4, -0.2) is 93.0 Å². The van der Waals surface area contributed by atoms with Crippen LogP contribution in [0.15, 0.2) is 23.3 Å². The molecule has 1 aromatic heterocycles. The van der Waals surface area contributed by atoms with Gasteiger partial charge in [0.2, 0.25) is 0 Å². The van der Waals surface area contributed by atoms with Crippen LogP contribution in [0.25, 0.3) is 0 Å². The molecule has 0 aromatic carbocycles. The van der Waals surface area contributed by atoms with E-state index in [1.54, 1.807) is 20.9 Å². The number of hydrogen-bond acceptors (Lipinski definition) is 6. The van der Waals surface area contributed by atoms with Crippen molar-refractivity contribution in [1.29, 1.82) is 0 Å². The van der Waals surface area contributed by atoms with Crippen molar-refractivity contribution in [3.05, 3.63) is 23.9 Å². The molecule has 0 radical (unpaired) electrons. The molecule has 2 fully saturated rings. The molecule has 2 aliphatic rings. The average Bonchev–Trinajstić information content (AvgIpc) is 2.66. The molecule has 164 valence electrons. The van der Waals surface area contributed by atoms with E-state index in [1.807, 2.05) is 11.1 Å². The molecule has 0 atom stereocenters. The fourth-order valence-corrected chi connectivity index (χ4v) is 4.95. The third-order valence-electron chi connectivity index (χ3n) is 5.64. The smallest absolute Gasteiger partial charge is 0.193 e. The maximum Gasteiger partial charge on any atom is 0.193 e. The second-order valence-corrected chi connectivity index (χ2v) is 11.0. The third-order valence-corrected chi connectivity index (χ3v) is 8.17. The molecule has 1 N–H and O–H groups in total. The van der Waals surface area contributed by atoms with Crippen molar-refractivity contribution in [3.63, 3.8) is 0 Å². The maximum absolute atomic E-state index is 12.2. The molecule has 3 rings (SSSR count). The summed E-state index contributed by atoms with van der Waals surface area (Å²) in [4.78, 5) is 15.6. The molecule has 8 nitrogen and oxygen atoms in total. The van der Waals surface area contributed by atoms with Gasteiger partial charge in [0, 0.05) is 59.1 Å². The second-order valence-electron chi connectivity index (χ2n) is 8.22. The van der Waals surface area contributed by atoms with Gasteiger partial charge >= 0.3 is 0 Å². The van der Waals surface area contributed by atoms with Gasteiger partial charge in [0.05, 0.1) is 10.5 Å². The number of sulfone groups is 1. The van der Waals surface area contributed by atoms with Crippen LogP contribution in [0.5, 0.6) is 0 Å². The number of nitrogens with zero attached hydrogens (tertiary/aromatic N) is 5. The minimum absolute atomic E-state index is 0. The zero-order valence-electron chi connectivity index (χ0n) is 17.8. The van der Waals surface area contributed by atoms with E-state index in [0.717, 1.165) is 43.5 Å². The number of pyridine rings is 1. The number of hydrogen-bond donors (Lipinski definition) is 1. The molecule has 0 bridgehead atoms. The minimum Gasteiger partial charge on any atom is -0.354 e. The molecular formula is C19H33IN6O2S. The predicted octanol–water partition coefficient (Wildman–Crippen LogP) is 1.04. The van der Waals surface area contributed by atoms with E-state index in [-0.39, 0.29) is 29.7 Å². The van der Waals surface area contributed by atoms with E-state index < -0.39 is 14.6 Å². The molecule has 0 saturated carbocycles. The van der Waals surface area contributed by atoms with Gasteiger partial charge in [0.15, 0.2) is 15.8 Å². The van der Waals surface area contributed by atoms with Gasteiger partial charge in [-0.05, 0) is 32.5 Å². The number of aliphatic imine (C=N–C) groups is 1. The lowest BCUT2D eigenvalue weighted by molar-refractivity contribution is 0.312. The van der Waals surface area contributed by atoms with Crippen molar-refractivity contribution in [3.8, 4) is 0 Å². The number of rotatable bonds is 3. The summed E-state index contributed by atoms with van der Waals surface area (Å²) >= 11 is 0. The number of piperazine rings is 1. The first-order valence-electron chi connectivity index (χ1n) is 9.78. The largest absolute Gasteiger partial charge is 0.354 e. The second kappa shape index (κ2) is 9.78. The lowest BCUT2D eigenvalue weighted by atomic mass is 10.2. The van der Waals surface area contributed by atoms with Gasteiger partial charge in [-0.3, -0.25) is 4.99 Å². The van der Waals surface area contributed by atoms with Crippen LogP contribution in [0, 0.1) is 0 Å². The first kappa shape index (κ1) is 24.1. The highest BCUT2D eigenvalue weighted by atomic mass is 127. The van der Waals surface area contributed by atoms with Crippen molar-refractivity contribution in [2.24, 2.45) is 4.99 Å². The topological polar surface area (TPSA) is 81.1 Å². The van der Waals surface area contributed by atoms with Gasteiger partial charge in [-0.1, -0.05) is 6.07 Å². The minimum atomic E-state index is -3.06. The summed E-state index contributed by atoms with van der Waals surface area (Å²) in [5, 5.41) is 3.35. The number of halogens is 1. The number of anilines is 1. The Morgan fingerprint density at radius 3 is 2.45 bits per heavy atom. The summed E-state index contributed by atoms with van der Waals surface area (Å²) in [6.45, 7) is 9.19. The Balaban J connectivity index is 0.00000300. The lowest BCUT2D eigenvalue weighted by Crippen LogP contribution is -2.57. The van der Waals surface area contributed by atoms with E-state index >= 15 is 0 Å². The fourth-order valence-electron chi connectivity index (χ4n) is 3.58. The Labute approximate surface area is 191 Å². The number of nitrogens with one attached hydrogen (secondary N) is 1. The van der Waals surface area contributed by atoms with Gasteiger partial charge in [-0.25, -0.2) is 13.4 Å². The summed E-state index contributed by atoms with van der Waals surface area (Å²) in [6.07, 6.45) is 1.90. The summed E-state index contributed by atoms with van der Waals surface area (Å²) < 4.78 is 23.7. The highest BCUT2D eigenvalue weighted by Crippen LogP contribution is 2.23. The molecule has 10 heteroatoms. The standard InChI is InChI=1S/C19H32N6O2S.HI/c1-19(2)15-25(11-12-28(19,26)27)18(20-3)22-14-16-5-6-17(21-13-16)24-9-7-23(4)8-10-24;/h5-6,13H,7-12,14-15H2,1-4H3,(H,20,22);1H. The summed E-state index contributed by atoms with van der Waals surface area (Å²) in [6, 6.07) is 4.16. The van der Waals surface area contributed by atoms with E-state index in [2.05, 4.69) is 44.3 Å². The molecule has 0 spiro atoms. The fraction of sp³-hybridized carbons (Fsp3) is 0.684. The number of likely N-dealkylation sites (N-methyl/N-ethyl adjacent to an activating group) is 1. The van der Waals surface area contributed by atoms with Gasteiger partial charge in [-0.15, -0.1) is 24.0 Å². The zero-order valence-corrected chi connectivity index (χ0v) is 20.9. The molecule has 0 unspecified atom stereocenters. The highest BCUT2D eigenvalue weighted by molar-refractivity contribution is 14.0. The molecule has 1 aromatic rings.